The minimum absolute atomic E-state index is 0. The van der Waals surface area contributed by atoms with Gasteiger partial charge in [-0.05, 0) is 13.0 Å². The molecular weight excluding hydrogens is 215 g/mol. The summed E-state index contributed by atoms with van der Waals surface area (Å²) in [6, 6.07) is 0. The molecule has 7 heteroatoms. The minimum Gasteiger partial charge on any atom is -0.545 e. The van der Waals surface area contributed by atoms with Gasteiger partial charge < -0.3 is 20.1 Å². The molecule has 0 aliphatic heterocycles. The van der Waals surface area contributed by atoms with Crippen molar-refractivity contribution in [2.75, 3.05) is 0 Å². The first kappa shape index (κ1) is 19.7. The third-order valence-corrected chi connectivity index (χ3v) is 0.855. The third-order valence-electron chi connectivity index (χ3n) is 0.855. The summed E-state index contributed by atoms with van der Waals surface area (Å²) in [6.07, 6.45) is 1.79. The number of carboxylic acids is 3. The molecule has 0 aliphatic rings. The van der Waals surface area contributed by atoms with E-state index in [1.165, 1.54) is 6.08 Å². The van der Waals surface area contributed by atoms with E-state index in [1.54, 1.807) is 6.92 Å². The maximum Gasteiger partial charge on any atom is 1.00 e. The van der Waals surface area contributed by atoms with Gasteiger partial charge in [-0.15, -0.1) is 0 Å². The largest absolute Gasteiger partial charge is 1.00 e. The quantitative estimate of drug-likeness (QED) is 0.376. The molecule has 0 heterocycles. The van der Waals surface area contributed by atoms with E-state index >= 15 is 0 Å². The van der Waals surface area contributed by atoms with Crippen molar-refractivity contribution in [1.29, 1.82) is 0 Å². The summed E-state index contributed by atoms with van der Waals surface area (Å²) in [5.74, 6) is -3.29. The molecule has 0 spiro atoms. The second-order valence-corrected chi connectivity index (χ2v) is 2.11. The molecule has 0 saturated carbocycles. The Kier molecular flexibility index (Phi) is 17.3. The molecule has 15 heavy (non-hydrogen) atoms. The molecule has 0 atom stereocenters. The number of hydrogen-bond donors (Lipinski definition) is 2. The van der Waals surface area contributed by atoms with Gasteiger partial charge in [0.05, 0.1) is 18.8 Å². The monoisotopic (exact) mass is 226 g/mol. The molecule has 0 aromatic heterocycles. The Bertz CT molecular complexity index is 221. The van der Waals surface area contributed by atoms with Crippen LogP contribution in [0.4, 0.5) is 0 Å². The molecular formula is C8H11NaO6. The number of hydrogen-bond acceptors (Lipinski definition) is 4. The van der Waals surface area contributed by atoms with Gasteiger partial charge in [0.1, 0.15) is 0 Å². The van der Waals surface area contributed by atoms with Gasteiger partial charge in [0.25, 0.3) is 0 Å². The van der Waals surface area contributed by atoms with Crippen LogP contribution in [-0.2, 0) is 14.4 Å². The Morgan fingerprint density at radius 2 is 1.47 bits per heavy atom. The second kappa shape index (κ2) is 13.2. The first-order chi connectivity index (χ1) is 6.40. The van der Waals surface area contributed by atoms with Gasteiger partial charge in [-0.25, -0.2) is 0 Å². The average molecular weight is 226 g/mol. The van der Waals surface area contributed by atoms with Crippen LogP contribution < -0.4 is 34.7 Å². The Morgan fingerprint density at radius 1 is 1.13 bits per heavy atom. The number of carboxylic acid groups (broad SMARTS) is 3. The van der Waals surface area contributed by atoms with Gasteiger partial charge in [0, 0.05) is 0 Å². The first-order valence-electron chi connectivity index (χ1n) is 3.67. The van der Waals surface area contributed by atoms with E-state index in [4.69, 9.17) is 10.2 Å². The Balaban J connectivity index is -0.000000187. The molecule has 0 bridgehead atoms. The van der Waals surface area contributed by atoms with E-state index in [1.807, 2.05) is 0 Å². The summed E-state index contributed by atoms with van der Waals surface area (Å²) >= 11 is 0. The zero-order valence-electron chi connectivity index (χ0n) is 8.60. The van der Waals surface area contributed by atoms with Crippen molar-refractivity contribution >= 4 is 17.9 Å². The number of allylic oxidation sites excluding steroid dienone is 1. The fourth-order valence-corrected chi connectivity index (χ4v) is 0.350. The topological polar surface area (TPSA) is 115 Å². The van der Waals surface area contributed by atoms with Crippen molar-refractivity contribution in [3.8, 4) is 0 Å². The van der Waals surface area contributed by atoms with Gasteiger partial charge in [0.15, 0.2) is 0 Å². The predicted octanol–water partition coefficient (Wildman–Crippen LogP) is -3.75. The van der Waals surface area contributed by atoms with Crippen LogP contribution in [0.2, 0.25) is 0 Å². The van der Waals surface area contributed by atoms with Crippen LogP contribution in [0.5, 0.6) is 0 Å². The molecule has 0 amide bonds. The zero-order chi connectivity index (χ0) is 11.6. The third kappa shape index (κ3) is 32.0. The SMILES string of the molecule is CC=CC(=O)[O-].O=C(O)CCC(=O)O.[Na+]. The molecule has 0 aliphatic carbocycles. The van der Waals surface area contributed by atoms with E-state index in [0.717, 1.165) is 6.08 Å². The fourth-order valence-electron chi connectivity index (χ4n) is 0.350. The molecule has 0 unspecified atom stereocenters. The van der Waals surface area contributed by atoms with Gasteiger partial charge in [-0.1, -0.05) is 6.08 Å². The molecule has 0 fully saturated rings. The van der Waals surface area contributed by atoms with Gasteiger partial charge in [-0.3, -0.25) is 9.59 Å². The van der Waals surface area contributed by atoms with E-state index in [0.29, 0.717) is 0 Å². The summed E-state index contributed by atoms with van der Waals surface area (Å²) in [6.45, 7) is 1.62. The molecule has 0 rings (SSSR count). The standard InChI is InChI=1S/C4H6O4.C4H6O2.Na/c5-3(6)1-2-4(7)8;1-2-3-4(5)6;/h1-2H2,(H,5,6)(H,7,8);2-3H,1H3,(H,5,6);/q;;+1/p-1. The van der Waals surface area contributed by atoms with Crippen LogP contribution in [0.3, 0.4) is 0 Å². The summed E-state index contributed by atoms with van der Waals surface area (Å²) in [5.41, 5.74) is 0. The summed E-state index contributed by atoms with van der Waals surface area (Å²) in [7, 11) is 0. The number of carbonyl (C=O) groups excluding carboxylic acids is 1. The molecule has 0 aromatic carbocycles. The zero-order valence-corrected chi connectivity index (χ0v) is 10.6. The summed E-state index contributed by atoms with van der Waals surface area (Å²) in [4.78, 5) is 28.7. The van der Waals surface area contributed by atoms with Crippen LogP contribution in [0.25, 0.3) is 0 Å². The van der Waals surface area contributed by atoms with Gasteiger partial charge in [0.2, 0.25) is 0 Å². The fraction of sp³-hybridized carbons (Fsp3) is 0.375. The van der Waals surface area contributed by atoms with Crippen molar-refractivity contribution in [3.63, 3.8) is 0 Å². The maximum absolute atomic E-state index is 9.64. The van der Waals surface area contributed by atoms with Crippen molar-refractivity contribution in [2.24, 2.45) is 0 Å². The van der Waals surface area contributed by atoms with Crippen molar-refractivity contribution in [1.82, 2.24) is 0 Å². The number of aliphatic carboxylic acids is 3. The van der Waals surface area contributed by atoms with E-state index < -0.39 is 17.9 Å². The second-order valence-electron chi connectivity index (χ2n) is 2.11. The molecule has 2 N–H and O–H groups in total. The molecule has 0 aromatic rings. The van der Waals surface area contributed by atoms with Crippen LogP contribution in [-0.4, -0.2) is 28.1 Å². The van der Waals surface area contributed by atoms with Crippen LogP contribution in [0, 0.1) is 0 Å². The Morgan fingerprint density at radius 3 is 1.53 bits per heavy atom. The minimum atomic E-state index is -1.14. The first-order valence-corrected chi connectivity index (χ1v) is 3.67. The Hall–Kier alpha value is -0.850. The van der Waals surface area contributed by atoms with Crippen LogP contribution in [0.1, 0.15) is 19.8 Å². The molecule has 0 radical (unpaired) electrons. The number of rotatable bonds is 4. The van der Waals surface area contributed by atoms with Crippen molar-refractivity contribution < 1.29 is 59.3 Å². The van der Waals surface area contributed by atoms with E-state index in [2.05, 4.69) is 0 Å². The van der Waals surface area contributed by atoms with Crippen molar-refractivity contribution in [3.05, 3.63) is 12.2 Å². The van der Waals surface area contributed by atoms with Crippen LogP contribution in [0.15, 0.2) is 12.2 Å². The summed E-state index contributed by atoms with van der Waals surface area (Å²) < 4.78 is 0. The predicted molar refractivity (Wildman–Crippen MR) is 44.3 cm³/mol. The average Bonchev–Trinajstić information content (AvgIpc) is 2.01. The maximum atomic E-state index is 9.64. The van der Waals surface area contributed by atoms with E-state index in [-0.39, 0.29) is 42.4 Å². The molecule has 80 valence electrons. The van der Waals surface area contributed by atoms with Crippen molar-refractivity contribution in [2.45, 2.75) is 19.8 Å². The smallest absolute Gasteiger partial charge is 0.545 e. The normalized spacial score (nSPS) is 8.33. The van der Waals surface area contributed by atoms with Gasteiger partial charge >= 0.3 is 41.5 Å². The van der Waals surface area contributed by atoms with E-state index in [9.17, 15) is 19.5 Å². The summed E-state index contributed by atoms with van der Waals surface area (Å²) in [5, 5.41) is 25.2. The van der Waals surface area contributed by atoms with Crippen LogP contribution >= 0.6 is 0 Å². The van der Waals surface area contributed by atoms with Gasteiger partial charge in [-0.2, -0.15) is 0 Å². The number of carbonyl (C=O) groups is 3. The molecule has 0 saturated heterocycles. The Labute approximate surface area is 109 Å². The molecule has 6 nitrogen and oxygen atoms in total.